The van der Waals surface area contributed by atoms with E-state index in [2.05, 4.69) is 15.8 Å². The maximum atomic E-state index is 5.19. The number of hydrazone groups is 1. The van der Waals surface area contributed by atoms with Crippen molar-refractivity contribution in [3.8, 4) is 5.75 Å². The largest absolute Gasteiger partial charge is 0.497 e. The smallest absolute Gasteiger partial charge is 0.191 e. The van der Waals surface area contributed by atoms with Gasteiger partial charge in [0.15, 0.2) is 5.11 Å². The molecular weight excluding hydrogens is 308 g/mol. The molecule has 0 spiro atoms. The van der Waals surface area contributed by atoms with Crippen molar-refractivity contribution in [1.82, 2.24) is 5.43 Å². The van der Waals surface area contributed by atoms with E-state index in [1.807, 2.05) is 67.5 Å². The third kappa shape index (κ3) is 5.27. The van der Waals surface area contributed by atoms with Gasteiger partial charge in [0.25, 0.3) is 0 Å². The minimum atomic E-state index is 0.427. The van der Waals surface area contributed by atoms with Gasteiger partial charge in [-0.2, -0.15) is 5.10 Å². The molecule has 5 nitrogen and oxygen atoms in total. The van der Waals surface area contributed by atoms with Gasteiger partial charge in [-0.25, -0.2) is 0 Å². The van der Waals surface area contributed by atoms with Crippen LogP contribution >= 0.6 is 12.2 Å². The fourth-order valence-corrected chi connectivity index (χ4v) is 2.03. The summed E-state index contributed by atoms with van der Waals surface area (Å²) < 4.78 is 5.11. The number of methoxy groups -OCH3 is 1. The molecule has 0 aliphatic carbocycles. The number of thiocarbonyl (C=S) groups is 1. The van der Waals surface area contributed by atoms with Crippen molar-refractivity contribution in [3.63, 3.8) is 0 Å². The summed E-state index contributed by atoms with van der Waals surface area (Å²) in [6, 6.07) is 15.6. The average Bonchev–Trinajstić information content (AvgIpc) is 2.56. The van der Waals surface area contributed by atoms with Crippen molar-refractivity contribution < 1.29 is 4.74 Å². The van der Waals surface area contributed by atoms with E-state index in [1.54, 1.807) is 13.3 Å². The number of hydrogen-bond donors (Lipinski definition) is 2. The maximum Gasteiger partial charge on any atom is 0.191 e. The summed E-state index contributed by atoms with van der Waals surface area (Å²) in [5.74, 6) is 0.800. The summed E-state index contributed by atoms with van der Waals surface area (Å²) in [4.78, 5) is 2.05. The fraction of sp³-hybridized carbons (Fsp3) is 0.176. The minimum Gasteiger partial charge on any atom is -0.497 e. The van der Waals surface area contributed by atoms with Crippen molar-refractivity contribution in [2.45, 2.75) is 0 Å². The lowest BCUT2D eigenvalue weighted by Gasteiger charge is -2.11. The first-order valence-corrected chi connectivity index (χ1v) is 7.51. The van der Waals surface area contributed by atoms with Gasteiger partial charge < -0.3 is 15.0 Å². The topological polar surface area (TPSA) is 48.9 Å². The quantitative estimate of drug-likeness (QED) is 0.502. The molecule has 0 heterocycles. The Hall–Kier alpha value is -2.60. The zero-order chi connectivity index (χ0) is 16.7. The molecule has 2 aromatic carbocycles. The van der Waals surface area contributed by atoms with E-state index >= 15 is 0 Å². The minimum absolute atomic E-state index is 0.427. The standard InChI is InChI=1S/C17H20N4OS/c1-21(2)15-8-4-13(5-9-15)12-18-20-17(23)19-14-6-10-16(22-3)11-7-14/h4-12H,1-3H3,(H2,19,20,23)/b18-12+. The molecule has 2 aromatic rings. The highest BCUT2D eigenvalue weighted by molar-refractivity contribution is 7.80. The van der Waals surface area contributed by atoms with Gasteiger partial charge >= 0.3 is 0 Å². The predicted octanol–water partition coefficient (Wildman–Crippen LogP) is 3.08. The van der Waals surface area contributed by atoms with Gasteiger partial charge in [-0.3, -0.25) is 5.43 Å². The molecule has 0 radical (unpaired) electrons. The number of benzene rings is 2. The Bertz CT molecular complexity index is 666. The van der Waals surface area contributed by atoms with Crippen molar-refractivity contribution >= 4 is 34.9 Å². The van der Waals surface area contributed by atoms with Gasteiger partial charge in [0.2, 0.25) is 0 Å². The first-order chi connectivity index (χ1) is 11.1. The van der Waals surface area contributed by atoms with Crippen LogP contribution in [0.3, 0.4) is 0 Å². The Balaban J connectivity index is 1.85. The van der Waals surface area contributed by atoms with Crippen LogP contribution in [0, 0.1) is 0 Å². The van der Waals surface area contributed by atoms with E-state index in [-0.39, 0.29) is 0 Å². The molecule has 0 bridgehead atoms. The van der Waals surface area contributed by atoms with Crippen LogP contribution in [0.2, 0.25) is 0 Å². The summed E-state index contributed by atoms with van der Waals surface area (Å²) in [6.45, 7) is 0. The first-order valence-electron chi connectivity index (χ1n) is 7.10. The Morgan fingerprint density at radius 3 is 2.30 bits per heavy atom. The highest BCUT2D eigenvalue weighted by atomic mass is 32.1. The first kappa shape index (κ1) is 16.8. The molecule has 23 heavy (non-hydrogen) atoms. The number of nitrogens with zero attached hydrogens (tertiary/aromatic N) is 2. The number of hydrogen-bond acceptors (Lipinski definition) is 4. The lowest BCUT2D eigenvalue weighted by molar-refractivity contribution is 0.415. The van der Waals surface area contributed by atoms with Crippen molar-refractivity contribution in [2.24, 2.45) is 5.10 Å². The van der Waals surface area contributed by atoms with Gasteiger partial charge in [0.05, 0.1) is 13.3 Å². The van der Waals surface area contributed by atoms with Gasteiger partial charge in [0, 0.05) is 25.5 Å². The van der Waals surface area contributed by atoms with Crippen LogP contribution in [0.1, 0.15) is 5.56 Å². The molecule has 0 saturated carbocycles. The molecule has 0 saturated heterocycles. The van der Waals surface area contributed by atoms with E-state index in [0.717, 1.165) is 22.7 Å². The molecule has 2 rings (SSSR count). The number of anilines is 2. The van der Waals surface area contributed by atoms with E-state index in [1.165, 1.54) is 0 Å². The lowest BCUT2D eigenvalue weighted by atomic mass is 10.2. The van der Waals surface area contributed by atoms with E-state index in [4.69, 9.17) is 17.0 Å². The molecule has 0 aromatic heterocycles. The van der Waals surface area contributed by atoms with Gasteiger partial charge in [0.1, 0.15) is 5.75 Å². The van der Waals surface area contributed by atoms with Crippen LogP contribution in [-0.4, -0.2) is 32.5 Å². The number of rotatable bonds is 5. The normalized spacial score (nSPS) is 10.4. The molecule has 0 amide bonds. The van der Waals surface area contributed by atoms with Crippen LogP contribution in [0.4, 0.5) is 11.4 Å². The Morgan fingerprint density at radius 1 is 1.09 bits per heavy atom. The van der Waals surface area contributed by atoms with Crippen LogP contribution in [0.5, 0.6) is 5.75 Å². The van der Waals surface area contributed by atoms with Crippen molar-refractivity contribution in [3.05, 3.63) is 54.1 Å². The third-order valence-corrected chi connectivity index (χ3v) is 3.33. The van der Waals surface area contributed by atoms with Crippen LogP contribution in [-0.2, 0) is 0 Å². The molecule has 0 unspecified atom stereocenters. The lowest BCUT2D eigenvalue weighted by Crippen LogP contribution is -2.23. The molecule has 2 N–H and O–H groups in total. The Morgan fingerprint density at radius 2 is 1.74 bits per heavy atom. The second-order valence-corrected chi connectivity index (χ2v) is 5.45. The van der Waals surface area contributed by atoms with Crippen molar-refractivity contribution in [2.75, 3.05) is 31.4 Å². The number of ether oxygens (including phenoxy) is 1. The second-order valence-electron chi connectivity index (χ2n) is 5.04. The van der Waals surface area contributed by atoms with Crippen LogP contribution in [0.15, 0.2) is 53.6 Å². The van der Waals surface area contributed by atoms with Gasteiger partial charge in [-0.15, -0.1) is 0 Å². The Labute approximate surface area is 142 Å². The average molecular weight is 328 g/mol. The van der Waals surface area contributed by atoms with Gasteiger partial charge in [-0.05, 0) is 54.2 Å². The molecule has 120 valence electrons. The van der Waals surface area contributed by atoms with E-state index in [9.17, 15) is 0 Å². The van der Waals surface area contributed by atoms with Crippen molar-refractivity contribution in [1.29, 1.82) is 0 Å². The summed E-state index contributed by atoms with van der Waals surface area (Å²) in [6.07, 6.45) is 1.72. The zero-order valence-corrected chi connectivity index (χ0v) is 14.2. The SMILES string of the molecule is COc1ccc(NC(=S)N/N=C/c2ccc(N(C)C)cc2)cc1. The molecule has 0 aliphatic heterocycles. The third-order valence-electron chi connectivity index (χ3n) is 3.14. The zero-order valence-electron chi connectivity index (χ0n) is 13.4. The molecule has 0 fully saturated rings. The summed E-state index contributed by atoms with van der Waals surface area (Å²) in [5, 5.41) is 7.60. The molecule has 0 atom stereocenters. The summed E-state index contributed by atoms with van der Waals surface area (Å²) in [7, 11) is 5.65. The highest BCUT2D eigenvalue weighted by Crippen LogP contribution is 2.14. The predicted molar refractivity (Wildman–Crippen MR) is 101 cm³/mol. The van der Waals surface area contributed by atoms with E-state index in [0.29, 0.717) is 5.11 Å². The van der Waals surface area contributed by atoms with E-state index < -0.39 is 0 Å². The Kier molecular flexibility index (Phi) is 5.94. The molecule has 6 heteroatoms. The highest BCUT2D eigenvalue weighted by Gasteiger charge is 1.97. The maximum absolute atomic E-state index is 5.19. The summed E-state index contributed by atoms with van der Waals surface area (Å²) in [5.41, 5.74) is 5.80. The molecule has 0 aliphatic rings. The second kappa shape index (κ2) is 8.14. The van der Waals surface area contributed by atoms with Gasteiger partial charge in [-0.1, -0.05) is 12.1 Å². The summed E-state index contributed by atoms with van der Waals surface area (Å²) >= 11 is 5.19. The van der Waals surface area contributed by atoms with Crippen LogP contribution < -0.4 is 20.4 Å². The number of nitrogens with one attached hydrogen (secondary N) is 2. The molecular formula is C17H20N4OS. The van der Waals surface area contributed by atoms with Crippen LogP contribution in [0.25, 0.3) is 0 Å². The fourth-order valence-electron chi connectivity index (χ4n) is 1.86. The monoisotopic (exact) mass is 328 g/mol.